The smallest absolute Gasteiger partial charge is 0.409 e. The molecular weight excluding hydrogens is 460 g/mol. The molecule has 174 valence electrons. The number of carbonyl (C=O) groups is 1. The molecule has 2 atom stereocenters. The van der Waals surface area contributed by atoms with Crippen LogP contribution in [0.4, 0.5) is 13.6 Å². The molecule has 0 saturated carbocycles. The molecule has 0 bridgehead atoms. The maximum absolute atomic E-state index is 14.8. The molecule has 3 rings (SSSR count). The third-order valence-electron chi connectivity index (χ3n) is 5.61. The van der Waals surface area contributed by atoms with Crippen molar-refractivity contribution in [1.29, 1.82) is 0 Å². The van der Waals surface area contributed by atoms with Gasteiger partial charge in [-0.2, -0.15) is 0 Å². The van der Waals surface area contributed by atoms with Gasteiger partial charge in [0.2, 0.25) is 0 Å². The summed E-state index contributed by atoms with van der Waals surface area (Å²) in [4.78, 5) is 13.9. The fourth-order valence-electron chi connectivity index (χ4n) is 4.04. The molecule has 1 aliphatic rings. The summed E-state index contributed by atoms with van der Waals surface area (Å²) in [5.74, 6) is -2.36. The highest BCUT2D eigenvalue weighted by atomic mass is 35.5. The minimum absolute atomic E-state index is 0.0671. The van der Waals surface area contributed by atoms with E-state index in [-0.39, 0.29) is 17.1 Å². The van der Waals surface area contributed by atoms with Crippen LogP contribution in [0.3, 0.4) is 0 Å². The molecule has 1 heterocycles. The van der Waals surface area contributed by atoms with E-state index < -0.39 is 38.7 Å². The van der Waals surface area contributed by atoms with Crippen LogP contribution in [0.1, 0.15) is 43.4 Å². The average Bonchev–Trinajstić information content (AvgIpc) is 3.29. The summed E-state index contributed by atoms with van der Waals surface area (Å²) in [5, 5.41) is -1.09. The molecule has 5 nitrogen and oxygen atoms in total. The number of halogens is 3. The number of hydrogen-bond acceptors (Lipinski definition) is 4. The number of amides is 1. The standard InChI is InChI=1S/C23H26ClF2NO4S/c1-2-5-16(15-31-23(28)27-12-3-4-13-27)22(20-14-18(25)8-11-21(20)26)32(29,30)19-9-6-17(24)7-10-19/h6-11,14,16,22H,2-5,12-13,15H2,1H3. The van der Waals surface area contributed by atoms with E-state index in [1.54, 1.807) is 4.90 Å². The van der Waals surface area contributed by atoms with Gasteiger partial charge in [-0.25, -0.2) is 22.0 Å². The first-order valence-electron chi connectivity index (χ1n) is 10.6. The highest BCUT2D eigenvalue weighted by Gasteiger charge is 2.39. The number of ether oxygens (including phenoxy) is 1. The molecule has 2 aromatic carbocycles. The second-order valence-electron chi connectivity index (χ2n) is 7.91. The van der Waals surface area contributed by atoms with Crippen molar-refractivity contribution < 1.29 is 26.7 Å². The van der Waals surface area contributed by atoms with Crippen molar-refractivity contribution in [3.05, 3.63) is 64.7 Å². The van der Waals surface area contributed by atoms with Gasteiger partial charge < -0.3 is 9.64 Å². The number of benzene rings is 2. The molecule has 0 radical (unpaired) electrons. The van der Waals surface area contributed by atoms with E-state index in [1.807, 2.05) is 6.92 Å². The van der Waals surface area contributed by atoms with E-state index in [2.05, 4.69) is 0 Å². The summed E-state index contributed by atoms with van der Waals surface area (Å²) in [5.41, 5.74) is -0.282. The summed E-state index contributed by atoms with van der Waals surface area (Å²) in [6, 6.07) is 8.27. The topological polar surface area (TPSA) is 63.7 Å². The molecule has 0 N–H and O–H groups in total. The fourth-order valence-corrected chi connectivity index (χ4v) is 6.21. The lowest BCUT2D eigenvalue weighted by molar-refractivity contribution is 0.0913. The van der Waals surface area contributed by atoms with Crippen molar-refractivity contribution in [2.24, 2.45) is 5.92 Å². The summed E-state index contributed by atoms with van der Waals surface area (Å²) in [7, 11) is -4.17. The number of likely N-dealkylation sites (tertiary alicyclic amines) is 1. The third-order valence-corrected chi connectivity index (χ3v) is 8.10. The maximum Gasteiger partial charge on any atom is 0.409 e. The zero-order valence-corrected chi connectivity index (χ0v) is 19.3. The normalized spacial score (nSPS) is 16.1. The van der Waals surface area contributed by atoms with Crippen LogP contribution in [0.5, 0.6) is 0 Å². The Morgan fingerprint density at radius 3 is 2.41 bits per heavy atom. The highest BCUT2D eigenvalue weighted by molar-refractivity contribution is 7.91. The summed E-state index contributed by atoms with van der Waals surface area (Å²) < 4.78 is 61.6. The van der Waals surface area contributed by atoms with Crippen LogP contribution in [0.2, 0.25) is 5.02 Å². The van der Waals surface area contributed by atoms with Crippen LogP contribution in [0.15, 0.2) is 47.4 Å². The Balaban J connectivity index is 2.01. The SMILES string of the molecule is CCCC(COC(=O)N1CCCC1)C(c1cc(F)ccc1F)S(=O)(=O)c1ccc(Cl)cc1. The third kappa shape index (κ3) is 5.59. The van der Waals surface area contributed by atoms with Gasteiger partial charge in [0.15, 0.2) is 9.84 Å². The second kappa shape index (κ2) is 10.6. The van der Waals surface area contributed by atoms with Crippen molar-refractivity contribution in [2.45, 2.75) is 42.8 Å². The van der Waals surface area contributed by atoms with E-state index in [9.17, 15) is 22.0 Å². The van der Waals surface area contributed by atoms with Gasteiger partial charge in [-0.3, -0.25) is 0 Å². The lowest BCUT2D eigenvalue weighted by atomic mass is 9.94. The fraction of sp³-hybridized carbons (Fsp3) is 0.435. The molecule has 1 fully saturated rings. The summed E-state index contributed by atoms with van der Waals surface area (Å²) in [6.45, 7) is 2.80. The predicted octanol–water partition coefficient (Wildman–Crippen LogP) is 5.78. The molecule has 0 aliphatic carbocycles. The second-order valence-corrected chi connectivity index (χ2v) is 10.4. The molecule has 0 aromatic heterocycles. The molecule has 0 spiro atoms. The number of rotatable bonds is 8. The number of nitrogens with zero attached hydrogens (tertiary/aromatic N) is 1. The minimum Gasteiger partial charge on any atom is -0.449 e. The van der Waals surface area contributed by atoms with E-state index in [4.69, 9.17) is 16.3 Å². The molecule has 9 heteroatoms. The zero-order chi connectivity index (χ0) is 23.3. The Labute approximate surface area is 192 Å². The number of carbonyl (C=O) groups excluding carboxylic acids is 1. The summed E-state index contributed by atoms with van der Waals surface area (Å²) >= 11 is 5.90. The quantitative estimate of drug-likeness (QED) is 0.475. The van der Waals surface area contributed by atoms with E-state index in [0.717, 1.165) is 31.0 Å². The van der Waals surface area contributed by atoms with Crippen molar-refractivity contribution in [3.63, 3.8) is 0 Å². The first-order chi connectivity index (χ1) is 15.2. The molecule has 1 amide bonds. The van der Waals surface area contributed by atoms with Crippen LogP contribution in [0, 0.1) is 17.6 Å². The van der Waals surface area contributed by atoms with Gasteiger partial charge in [-0.1, -0.05) is 24.9 Å². The van der Waals surface area contributed by atoms with Crippen molar-refractivity contribution in [2.75, 3.05) is 19.7 Å². The zero-order valence-electron chi connectivity index (χ0n) is 17.8. The Morgan fingerprint density at radius 1 is 1.12 bits per heavy atom. The van der Waals surface area contributed by atoms with E-state index in [0.29, 0.717) is 31.0 Å². The van der Waals surface area contributed by atoms with E-state index >= 15 is 0 Å². The Hall–Kier alpha value is -2.19. The Kier molecular flexibility index (Phi) is 8.11. The first-order valence-corrected chi connectivity index (χ1v) is 12.5. The highest BCUT2D eigenvalue weighted by Crippen LogP contribution is 2.39. The first kappa shape index (κ1) is 24.5. The maximum atomic E-state index is 14.8. The van der Waals surface area contributed by atoms with Crippen LogP contribution in [0.25, 0.3) is 0 Å². The largest absolute Gasteiger partial charge is 0.449 e. The Bertz CT molecular complexity index is 1040. The van der Waals surface area contributed by atoms with Gasteiger partial charge in [-0.05, 0) is 61.7 Å². The Morgan fingerprint density at radius 2 is 1.78 bits per heavy atom. The van der Waals surface area contributed by atoms with E-state index in [1.165, 1.54) is 24.3 Å². The summed E-state index contributed by atoms with van der Waals surface area (Å²) in [6.07, 6.45) is 2.15. The van der Waals surface area contributed by atoms with Gasteiger partial charge in [0.25, 0.3) is 0 Å². The van der Waals surface area contributed by atoms with Crippen LogP contribution < -0.4 is 0 Å². The molecule has 32 heavy (non-hydrogen) atoms. The van der Waals surface area contributed by atoms with Crippen LogP contribution >= 0.6 is 11.6 Å². The van der Waals surface area contributed by atoms with Gasteiger partial charge in [-0.15, -0.1) is 0 Å². The predicted molar refractivity (Wildman–Crippen MR) is 118 cm³/mol. The minimum atomic E-state index is -4.17. The van der Waals surface area contributed by atoms with Crippen molar-refractivity contribution in [3.8, 4) is 0 Å². The average molecular weight is 486 g/mol. The molecule has 2 unspecified atom stereocenters. The van der Waals surface area contributed by atoms with Gasteiger partial charge >= 0.3 is 6.09 Å². The van der Waals surface area contributed by atoms with Gasteiger partial charge in [0.05, 0.1) is 16.8 Å². The molecule has 2 aromatic rings. The molecule has 1 aliphatic heterocycles. The monoisotopic (exact) mass is 485 g/mol. The van der Waals surface area contributed by atoms with Crippen molar-refractivity contribution in [1.82, 2.24) is 4.90 Å². The van der Waals surface area contributed by atoms with Crippen molar-refractivity contribution >= 4 is 27.5 Å². The lowest BCUT2D eigenvalue weighted by Gasteiger charge is -2.28. The lowest BCUT2D eigenvalue weighted by Crippen LogP contribution is -2.33. The van der Waals surface area contributed by atoms with Gasteiger partial charge in [0.1, 0.15) is 11.6 Å². The number of sulfone groups is 1. The number of hydrogen-bond donors (Lipinski definition) is 0. The molecule has 1 saturated heterocycles. The van der Waals surface area contributed by atoms with Gasteiger partial charge in [0, 0.05) is 29.6 Å². The van der Waals surface area contributed by atoms with Crippen LogP contribution in [-0.4, -0.2) is 39.1 Å². The van der Waals surface area contributed by atoms with Crippen LogP contribution in [-0.2, 0) is 14.6 Å². The molecular formula is C23H26ClF2NO4S.